The van der Waals surface area contributed by atoms with Crippen LogP contribution in [0.25, 0.3) is 0 Å². The normalized spacial score (nSPS) is 10.6. The van der Waals surface area contributed by atoms with Crippen LogP contribution in [-0.2, 0) is 11.2 Å². The zero-order valence-corrected chi connectivity index (χ0v) is 10.6. The molecule has 2 rings (SSSR count). The molecule has 0 spiro atoms. The van der Waals surface area contributed by atoms with E-state index in [-0.39, 0.29) is 12.3 Å². The van der Waals surface area contributed by atoms with E-state index in [1.54, 1.807) is 19.5 Å². The molecule has 0 unspecified atom stereocenters. The molecule has 2 aromatic rings. The van der Waals surface area contributed by atoms with Crippen LogP contribution in [0.3, 0.4) is 0 Å². The number of nitrogens with one attached hydrogen (secondary N) is 2. The van der Waals surface area contributed by atoms with Gasteiger partial charge in [0.15, 0.2) is 0 Å². The molecule has 0 atom stereocenters. The third kappa shape index (κ3) is 3.99. The highest BCUT2D eigenvalue weighted by molar-refractivity contribution is 5.82. The van der Waals surface area contributed by atoms with Crippen molar-refractivity contribution in [3.05, 3.63) is 53.9 Å². The van der Waals surface area contributed by atoms with Crippen molar-refractivity contribution in [3.63, 3.8) is 0 Å². The number of nitrogens with zero attached hydrogens (tertiary/aromatic N) is 1. The minimum atomic E-state index is -0.159. The molecule has 5 nitrogen and oxygen atoms in total. The summed E-state index contributed by atoms with van der Waals surface area (Å²) in [5, 5.41) is 3.86. The molecule has 1 aromatic heterocycles. The number of hydrazone groups is 1. The van der Waals surface area contributed by atoms with Gasteiger partial charge in [0, 0.05) is 6.20 Å². The largest absolute Gasteiger partial charge is 0.497 e. The van der Waals surface area contributed by atoms with Crippen LogP contribution in [0.2, 0.25) is 0 Å². The highest BCUT2D eigenvalue weighted by Crippen LogP contribution is 2.11. The molecule has 0 radical (unpaired) electrons. The number of ether oxygens (including phenoxy) is 1. The maximum atomic E-state index is 11.6. The summed E-state index contributed by atoms with van der Waals surface area (Å²) in [6.45, 7) is 0. The number of benzene rings is 1. The average Bonchev–Trinajstić information content (AvgIpc) is 2.93. The molecule has 1 aromatic carbocycles. The molecule has 98 valence electrons. The summed E-state index contributed by atoms with van der Waals surface area (Å²) in [6.07, 6.45) is 3.64. The van der Waals surface area contributed by atoms with E-state index in [2.05, 4.69) is 15.5 Å². The Morgan fingerprint density at radius 3 is 2.79 bits per heavy atom. The molecule has 0 saturated carbocycles. The maximum Gasteiger partial charge on any atom is 0.244 e. The summed E-state index contributed by atoms with van der Waals surface area (Å²) < 4.78 is 5.05. The summed E-state index contributed by atoms with van der Waals surface area (Å²) in [7, 11) is 1.61. The number of rotatable bonds is 5. The van der Waals surface area contributed by atoms with Crippen LogP contribution in [0.5, 0.6) is 5.75 Å². The zero-order chi connectivity index (χ0) is 13.5. The SMILES string of the molecule is COc1ccc(CC(=O)N/N=C/c2ccc[nH]2)cc1. The Morgan fingerprint density at radius 1 is 1.37 bits per heavy atom. The fraction of sp³-hybridized carbons (Fsp3) is 0.143. The predicted octanol–water partition coefficient (Wildman–Crippen LogP) is 1.72. The van der Waals surface area contributed by atoms with Crippen molar-refractivity contribution in [3.8, 4) is 5.75 Å². The van der Waals surface area contributed by atoms with E-state index in [0.29, 0.717) is 0 Å². The fourth-order valence-corrected chi connectivity index (χ4v) is 1.57. The number of hydrogen-bond donors (Lipinski definition) is 2. The van der Waals surface area contributed by atoms with E-state index in [1.807, 2.05) is 36.4 Å². The maximum absolute atomic E-state index is 11.6. The summed E-state index contributed by atoms with van der Waals surface area (Å²) in [4.78, 5) is 14.6. The number of amides is 1. The molecule has 1 amide bonds. The minimum Gasteiger partial charge on any atom is -0.497 e. The second-order valence-electron chi connectivity index (χ2n) is 3.94. The monoisotopic (exact) mass is 257 g/mol. The summed E-state index contributed by atoms with van der Waals surface area (Å²) in [6, 6.07) is 11.1. The van der Waals surface area contributed by atoms with Crippen LogP contribution in [-0.4, -0.2) is 24.2 Å². The molecule has 0 aliphatic heterocycles. The smallest absolute Gasteiger partial charge is 0.244 e. The fourth-order valence-electron chi connectivity index (χ4n) is 1.57. The Balaban J connectivity index is 1.83. The van der Waals surface area contributed by atoms with Gasteiger partial charge in [-0.05, 0) is 29.8 Å². The first kappa shape index (κ1) is 12.9. The van der Waals surface area contributed by atoms with E-state index >= 15 is 0 Å². The van der Waals surface area contributed by atoms with Crippen LogP contribution < -0.4 is 10.2 Å². The van der Waals surface area contributed by atoms with Crippen molar-refractivity contribution in [1.29, 1.82) is 0 Å². The van der Waals surface area contributed by atoms with Gasteiger partial charge < -0.3 is 9.72 Å². The van der Waals surface area contributed by atoms with Gasteiger partial charge in [0.2, 0.25) is 5.91 Å². The average molecular weight is 257 g/mol. The topological polar surface area (TPSA) is 66.5 Å². The second kappa shape index (κ2) is 6.39. The van der Waals surface area contributed by atoms with Crippen molar-refractivity contribution >= 4 is 12.1 Å². The van der Waals surface area contributed by atoms with Gasteiger partial charge in [0.25, 0.3) is 0 Å². The number of methoxy groups -OCH3 is 1. The quantitative estimate of drug-likeness (QED) is 0.632. The lowest BCUT2D eigenvalue weighted by Crippen LogP contribution is -2.19. The molecule has 19 heavy (non-hydrogen) atoms. The Kier molecular flexibility index (Phi) is 4.34. The molecule has 2 N–H and O–H groups in total. The summed E-state index contributed by atoms with van der Waals surface area (Å²) >= 11 is 0. The second-order valence-corrected chi connectivity index (χ2v) is 3.94. The first-order valence-electron chi connectivity index (χ1n) is 5.86. The first-order chi connectivity index (χ1) is 9.28. The van der Waals surface area contributed by atoms with Gasteiger partial charge >= 0.3 is 0 Å². The molecular weight excluding hydrogens is 242 g/mol. The molecule has 0 bridgehead atoms. The molecule has 0 saturated heterocycles. The van der Waals surface area contributed by atoms with Crippen molar-refractivity contribution in [2.45, 2.75) is 6.42 Å². The third-order valence-corrected chi connectivity index (χ3v) is 2.54. The lowest BCUT2D eigenvalue weighted by molar-refractivity contribution is -0.120. The molecule has 0 aliphatic rings. The van der Waals surface area contributed by atoms with E-state index in [1.165, 1.54) is 0 Å². The molecule has 1 heterocycles. The van der Waals surface area contributed by atoms with Crippen molar-refractivity contribution in [1.82, 2.24) is 10.4 Å². The lowest BCUT2D eigenvalue weighted by atomic mass is 10.1. The Bertz CT molecular complexity index is 545. The predicted molar refractivity (Wildman–Crippen MR) is 73.2 cm³/mol. The first-order valence-corrected chi connectivity index (χ1v) is 5.86. The lowest BCUT2D eigenvalue weighted by Gasteiger charge is -2.02. The number of hydrogen-bond acceptors (Lipinski definition) is 3. The molecule has 0 aliphatic carbocycles. The van der Waals surface area contributed by atoms with Gasteiger partial charge in [-0.3, -0.25) is 4.79 Å². The van der Waals surface area contributed by atoms with E-state index in [9.17, 15) is 4.79 Å². The minimum absolute atomic E-state index is 0.159. The standard InChI is InChI=1S/C14H15N3O2/c1-19-13-6-4-11(5-7-13)9-14(18)17-16-10-12-3-2-8-15-12/h2-8,10,15H,9H2,1H3,(H,17,18)/b16-10+. The molecule has 0 fully saturated rings. The third-order valence-electron chi connectivity index (χ3n) is 2.54. The van der Waals surface area contributed by atoms with E-state index in [4.69, 9.17) is 4.74 Å². The summed E-state index contributed by atoms with van der Waals surface area (Å²) in [5.41, 5.74) is 4.23. The van der Waals surface area contributed by atoms with Gasteiger partial charge in [-0.15, -0.1) is 0 Å². The van der Waals surface area contributed by atoms with Crippen LogP contribution >= 0.6 is 0 Å². The van der Waals surface area contributed by atoms with Crippen molar-refractivity contribution < 1.29 is 9.53 Å². The Labute approximate surface area is 111 Å². The Morgan fingerprint density at radius 2 is 2.16 bits per heavy atom. The van der Waals surface area contributed by atoms with Gasteiger partial charge in [0.1, 0.15) is 5.75 Å². The summed E-state index contributed by atoms with van der Waals surface area (Å²) in [5.74, 6) is 0.613. The number of aromatic amines is 1. The number of carbonyl (C=O) groups excluding carboxylic acids is 1. The zero-order valence-electron chi connectivity index (χ0n) is 10.6. The van der Waals surface area contributed by atoms with Crippen molar-refractivity contribution in [2.24, 2.45) is 5.10 Å². The van der Waals surface area contributed by atoms with E-state index < -0.39 is 0 Å². The molecular formula is C14H15N3O2. The van der Waals surface area contributed by atoms with Gasteiger partial charge in [-0.1, -0.05) is 12.1 Å². The molecule has 5 heteroatoms. The number of aromatic nitrogens is 1. The number of carbonyl (C=O) groups is 1. The van der Waals surface area contributed by atoms with Crippen molar-refractivity contribution in [2.75, 3.05) is 7.11 Å². The van der Waals surface area contributed by atoms with Crippen LogP contribution in [0, 0.1) is 0 Å². The van der Waals surface area contributed by atoms with Crippen LogP contribution in [0.1, 0.15) is 11.3 Å². The highest BCUT2D eigenvalue weighted by Gasteiger charge is 2.02. The van der Waals surface area contributed by atoms with E-state index in [0.717, 1.165) is 17.0 Å². The Hall–Kier alpha value is -2.56. The number of H-pyrrole nitrogens is 1. The van der Waals surface area contributed by atoms with Gasteiger partial charge in [-0.25, -0.2) is 5.43 Å². The highest BCUT2D eigenvalue weighted by atomic mass is 16.5. The van der Waals surface area contributed by atoms with Gasteiger partial charge in [-0.2, -0.15) is 5.10 Å². The van der Waals surface area contributed by atoms with Gasteiger partial charge in [0.05, 0.1) is 25.4 Å². The van der Waals surface area contributed by atoms with Crippen LogP contribution in [0.4, 0.5) is 0 Å². The van der Waals surface area contributed by atoms with Crippen LogP contribution in [0.15, 0.2) is 47.7 Å².